The van der Waals surface area contributed by atoms with Gasteiger partial charge in [0.2, 0.25) is 0 Å². The van der Waals surface area contributed by atoms with Crippen molar-refractivity contribution in [3.05, 3.63) is 58.3 Å². The molecule has 1 heterocycles. The van der Waals surface area contributed by atoms with Crippen molar-refractivity contribution in [2.45, 2.75) is 20.0 Å². The molecule has 0 bridgehead atoms. The number of furan rings is 1. The lowest BCUT2D eigenvalue weighted by atomic mass is 10.2. The van der Waals surface area contributed by atoms with Crippen LogP contribution in [0.5, 0.6) is 0 Å². The molecule has 1 aromatic heterocycles. The Hall–Kier alpha value is -1.32. The van der Waals surface area contributed by atoms with Crippen molar-refractivity contribution in [3.8, 4) is 0 Å². The van der Waals surface area contributed by atoms with Gasteiger partial charge in [-0.1, -0.05) is 11.6 Å². The van der Waals surface area contributed by atoms with Gasteiger partial charge in [-0.2, -0.15) is 0 Å². The van der Waals surface area contributed by atoms with Gasteiger partial charge in [0.05, 0.1) is 6.54 Å². The van der Waals surface area contributed by atoms with E-state index in [9.17, 15) is 4.39 Å². The molecule has 0 fully saturated rings. The van der Waals surface area contributed by atoms with Crippen LogP contribution in [-0.4, -0.2) is 0 Å². The van der Waals surface area contributed by atoms with E-state index in [-0.39, 0.29) is 5.82 Å². The molecule has 1 N–H and O–H groups in total. The fraction of sp³-hybridized carbons (Fsp3) is 0.231. The summed E-state index contributed by atoms with van der Waals surface area (Å²) in [5.41, 5.74) is 0.818. The Balaban J connectivity index is 1.89. The maximum atomic E-state index is 13.1. The van der Waals surface area contributed by atoms with Crippen LogP contribution >= 0.6 is 11.6 Å². The molecule has 0 saturated carbocycles. The van der Waals surface area contributed by atoms with Crippen molar-refractivity contribution >= 4 is 11.6 Å². The molecule has 17 heavy (non-hydrogen) atoms. The molecule has 0 aliphatic heterocycles. The van der Waals surface area contributed by atoms with Crippen LogP contribution in [0.2, 0.25) is 5.02 Å². The van der Waals surface area contributed by atoms with Gasteiger partial charge >= 0.3 is 0 Å². The van der Waals surface area contributed by atoms with Gasteiger partial charge in [-0.05, 0) is 42.8 Å². The predicted octanol–water partition coefficient (Wildman–Crippen LogP) is 3.67. The van der Waals surface area contributed by atoms with Crippen molar-refractivity contribution < 1.29 is 8.81 Å². The highest BCUT2D eigenvalue weighted by Gasteiger charge is 2.01. The number of hydrogen-bond donors (Lipinski definition) is 1. The molecule has 1 aromatic carbocycles. The van der Waals surface area contributed by atoms with Crippen LogP contribution in [0.15, 0.2) is 34.7 Å². The summed E-state index contributed by atoms with van der Waals surface area (Å²) in [7, 11) is 0. The first-order valence-corrected chi connectivity index (χ1v) is 5.72. The van der Waals surface area contributed by atoms with E-state index in [1.807, 2.05) is 19.1 Å². The predicted molar refractivity (Wildman–Crippen MR) is 65.4 cm³/mol. The Morgan fingerprint density at radius 2 is 2.06 bits per heavy atom. The van der Waals surface area contributed by atoms with Crippen molar-refractivity contribution in [3.63, 3.8) is 0 Å². The second-order valence-electron chi connectivity index (χ2n) is 3.89. The highest BCUT2D eigenvalue weighted by Crippen LogP contribution is 2.14. The average molecular weight is 254 g/mol. The molecule has 2 aromatic rings. The molecular formula is C13H13ClFNO. The molecule has 2 rings (SSSR count). The van der Waals surface area contributed by atoms with Gasteiger partial charge in [0, 0.05) is 11.6 Å². The number of aryl methyl sites for hydroxylation is 1. The van der Waals surface area contributed by atoms with E-state index in [1.165, 1.54) is 12.1 Å². The van der Waals surface area contributed by atoms with Crippen molar-refractivity contribution in [1.82, 2.24) is 5.32 Å². The molecule has 2 nitrogen and oxygen atoms in total. The van der Waals surface area contributed by atoms with Crippen LogP contribution in [0.1, 0.15) is 17.1 Å². The Morgan fingerprint density at radius 1 is 1.24 bits per heavy atom. The highest BCUT2D eigenvalue weighted by atomic mass is 35.5. The molecule has 0 amide bonds. The van der Waals surface area contributed by atoms with Gasteiger partial charge in [0.1, 0.15) is 17.3 Å². The summed E-state index contributed by atoms with van der Waals surface area (Å²) in [5.74, 6) is 1.43. The summed E-state index contributed by atoms with van der Waals surface area (Å²) in [6, 6.07) is 8.33. The Labute approximate surface area is 104 Å². The van der Waals surface area contributed by atoms with E-state index in [0.29, 0.717) is 18.1 Å². The van der Waals surface area contributed by atoms with E-state index in [4.69, 9.17) is 16.0 Å². The van der Waals surface area contributed by atoms with Crippen LogP contribution in [0.3, 0.4) is 0 Å². The first kappa shape index (κ1) is 12.1. The zero-order valence-corrected chi connectivity index (χ0v) is 10.2. The van der Waals surface area contributed by atoms with Crippen molar-refractivity contribution in [2.75, 3.05) is 0 Å². The van der Waals surface area contributed by atoms with Crippen LogP contribution in [0, 0.1) is 12.7 Å². The molecule has 0 aliphatic carbocycles. The maximum Gasteiger partial charge on any atom is 0.125 e. The minimum Gasteiger partial charge on any atom is -0.465 e. The normalized spacial score (nSPS) is 10.8. The molecule has 0 saturated heterocycles. The molecule has 0 atom stereocenters. The zero-order valence-electron chi connectivity index (χ0n) is 9.47. The lowest BCUT2D eigenvalue weighted by Gasteiger charge is -2.04. The third-order valence-electron chi connectivity index (χ3n) is 2.35. The molecular weight excluding hydrogens is 241 g/mol. The van der Waals surface area contributed by atoms with Crippen LogP contribution < -0.4 is 5.32 Å². The second-order valence-corrected chi connectivity index (χ2v) is 4.33. The number of rotatable bonds is 4. The average Bonchev–Trinajstić information content (AvgIpc) is 2.63. The van der Waals surface area contributed by atoms with Gasteiger partial charge < -0.3 is 9.73 Å². The SMILES string of the molecule is Cc1ccc(CNCc2cc(F)cc(Cl)c2)o1. The lowest BCUT2D eigenvalue weighted by Crippen LogP contribution is -2.12. The highest BCUT2D eigenvalue weighted by molar-refractivity contribution is 6.30. The number of benzene rings is 1. The van der Waals surface area contributed by atoms with Gasteiger partial charge in [0.25, 0.3) is 0 Å². The van der Waals surface area contributed by atoms with Crippen LogP contribution in [-0.2, 0) is 13.1 Å². The van der Waals surface area contributed by atoms with Crippen LogP contribution in [0.25, 0.3) is 0 Å². The van der Waals surface area contributed by atoms with Crippen LogP contribution in [0.4, 0.5) is 4.39 Å². The first-order valence-electron chi connectivity index (χ1n) is 5.34. The Bertz CT molecular complexity index is 490. The molecule has 0 spiro atoms. The number of halogens is 2. The van der Waals surface area contributed by atoms with Gasteiger partial charge in [-0.3, -0.25) is 0 Å². The molecule has 0 aliphatic rings. The Morgan fingerprint density at radius 3 is 2.71 bits per heavy atom. The summed E-state index contributed by atoms with van der Waals surface area (Å²) < 4.78 is 18.5. The number of nitrogens with one attached hydrogen (secondary N) is 1. The summed E-state index contributed by atoms with van der Waals surface area (Å²) in [4.78, 5) is 0. The maximum absolute atomic E-state index is 13.1. The molecule has 4 heteroatoms. The van der Waals surface area contributed by atoms with Gasteiger partial charge in [-0.15, -0.1) is 0 Å². The third-order valence-corrected chi connectivity index (χ3v) is 2.56. The monoisotopic (exact) mass is 253 g/mol. The van der Waals surface area contributed by atoms with E-state index < -0.39 is 0 Å². The third kappa shape index (κ3) is 3.58. The molecule has 0 radical (unpaired) electrons. The summed E-state index contributed by atoms with van der Waals surface area (Å²) in [6.45, 7) is 3.06. The van der Waals surface area contributed by atoms with Crippen molar-refractivity contribution in [2.24, 2.45) is 0 Å². The largest absolute Gasteiger partial charge is 0.465 e. The van der Waals surface area contributed by atoms with E-state index in [2.05, 4.69) is 5.32 Å². The fourth-order valence-corrected chi connectivity index (χ4v) is 1.87. The Kier molecular flexibility index (Phi) is 3.82. The van der Waals surface area contributed by atoms with E-state index in [0.717, 1.165) is 17.1 Å². The minimum absolute atomic E-state index is 0.317. The summed E-state index contributed by atoms with van der Waals surface area (Å²) in [6.07, 6.45) is 0. The van der Waals surface area contributed by atoms with E-state index >= 15 is 0 Å². The molecule has 0 unspecified atom stereocenters. The van der Waals surface area contributed by atoms with E-state index in [1.54, 1.807) is 6.07 Å². The topological polar surface area (TPSA) is 25.2 Å². The quantitative estimate of drug-likeness (QED) is 0.899. The summed E-state index contributed by atoms with van der Waals surface area (Å²) >= 11 is 5.76. The summed E-state index contributed by atoms with van der Waals surface area (Å²) in [5, 5.41) is 3.58. The van der Waals surface area contributed by atoms with Crippen molar-refractivity contribution in [1.29, 1.82) is 0 Å². The second kappa shape index (κ2) is 5.34. The van der Waals surface area contributed by atoms with Gasteiger partial charge in [-0.25, -0.2) is 4.39 Å². The smallest absolute Gasteiger partial charge is 0.125 e. The zero-order chi connectivity index (χ0) is 12.3. The molecule has 90 valence electrons. The first-order chi connectivity index (χ1) is 8.13. The standard InChI is InChI=1S/C13H13ClFNO/c1-9-2-3-13(17-9)8-16-7-10-4-11(14)6-12(15)5-10/h2-6,16H,7-8H2,1H3. The fourth-order valence-electron chi connectivity index (χ4n) is 1.62. The number of hydrogen-bond acceptors (Lipinski definition) is 2. The minimum atomic E-state index is -0.317. The lowest BCUT2D eigenvalue weighted by molar-refractivity contribution is 0.461. The van der Waals surface area contributed by atoms with Gasteiger partial charge in [0.15, 0.2) is 0 Å².